The zero-order valence-electron chi connectivity index (χ0n) is 10.2. The van der Waals surface area contributed by atoms with Crippen LogP contribution in [0.1, 0.15) is 27.7 Å². The van der Waals surface area contributed by atoms with Crippen molar-refractivity contribution in [1.29, 1.82) is 0 Å². The summed E-state index contributed by atoms with van der Waals surface area (Å²) in [7, 11) is 0. The van der Waals surface area contributed by atoms with Crippen LogP contribution in [0.5, 0.6) is 0 Å². The fourth-order valence-electron chi connectivity index (χ4n) is 1.80. The molecule has 0 aliphatic carbocycles. The van der Waals surface area contributed by atoms with Crippen LogP contribution in [-0.2, 0) is 0 Å². The topological polar surface area (TPSA) is 46.4 Å². The van der Waals surface area contributed by atoms with Gasteiger partial charge in [0, 0.05) is 29.9 Å². The Hall–Kier alpha value is -1.58. The lowest BCUT2D eigenvalue weighted by molar-refractivity contribution is -0.384. The summed E-state index contributed by atoms with van der Waals surface area (Å²) in [5.74, 6) is 0. The molecule has 0 bridgehead atoms. The summed E-state index contributed by atoms with van der Waals surface area (Å²) < 4.78 is 0. The Morgan fingerprint density at radius 2 is 1.75 bits per heavy atom. The van der Waals surface area contributed by atoms with E-state index in [0.29, 0.717) is 0 Å². The summed E-state index contributed by atoms with van der Waals surface area (Å²) in [6, 6.07) is 6.69. The first kappa shape index (κ1) is 12.5. The molecule has 1 aromatic carbocycles. The van der Waals surface area contributed by atoms with Crippen molar-refractivity contribution in [2.75, 3.05) is 11.4 Å². The van der Waals surface area contributed by atoms with Crippen LogP contribution in [0.15, 0.2) is 24.3 Å². The molecular formula is C12H18N2O2. The second kappa shape index (κ2) is 4.51. The molecule has 0 radical (unpaired) electrons. The lowest BCUT2D eigenvalue weighted by atomic mass is 10.0. The van der Waals surface area contributed by atoms with Gasteiger partial charge in [0.25, 0.3) is 5.69 Å². The average molecular weight is 222 g/mol. The lowest BCUT2D eigenvalue weighted by Gasteiger charge is -2.36. The van der Waals surface area contributed by atoms with Crippen LogP contribution >= 0.6 is 0 Å². The third-order valence-corrected chi connectivity index (χ3v) is 2.50. The average Bonchev–Trinajstić information content (AvgIpc) is 2.17. The van der Waals surface area contributed by atoms with E-state index in [1.54, 1.807) is 24.3 Å². The molecule has 0 amide bonds. The van der Waals surface area contributed by atoms with Crippen molar-refractivity contribution < 1.29 is 4.92 Å². The molecule has 4 heteroatoms. The van der Waals surface area contributed by atoms with Crippen LogP contribution in [0.25, 0.3) is 0 Å². The Morgan fingerprint density at radius 1 is 1.25 bits per heavy atom. The molecule has 0 aliphatic heterocycles. The van der Waals surface area contributed by atoms with E-state index in [1.165, 1.54) is 0 Å². The fraction of sp³-hybridized carbons (Fsp3) is 0.500. The van der Waals surface area contributed by atoms with E-state index >= 15 is 0 Å². The minimum atomic E-state index is -0.378. The summed E-state index contributed by atoms with van der Waals surface area (Å²) in [6.07, 6.45) is 0. The lowest BCUT2D eigenvalue weighted by Crippen LogP contribution is -2.41. The van der Waals surface area contributed by atoms with Crippen molar-refractivity contribution in [2.45, 2.75) is 33.2 Å². The van der Waals surface area contributed by atoms with Crippen molar-refractivity contribution >= 4 is 11.4 Å². The number of anilines is 1. The first-order valence-corrected chi connectivity index (χ1v) is 5.38. The molecule has 0 fully saturated rings. The standard InChI is InChI=1S/C12H18N2O2/c1-5-13(12(2,3)4)10-6-8-11(9-7-10)14(15)16/h6-9H,5H2,1-4H3. The zero-order chi connectivity index (χ0) is 12.3. The molecule has 0 heterocycles. The Bertz CT molecular complexity index is 366. The van der Waals surface area contributed by atoms with E-state index < -0.39 is 0 Å². The number of nitro benzene ring substituents is 1. The molecule has 0 N–H and O–H groups in total. The maximum Gasteiger partial charge on any atom is 0.269 e. The van der Waals surface area contributed by atoms with E-state index in [-0.39, 0.29) is 16.1 Å². The van der Waals surface area contributed by atoms with Crippen LogP contribution in [0, 0.1) is 10.1 Å². The predicted octanol–water partition coefficient (Wildman–Crippen LogP) is 3.22. The van der Waals surface area contributed by atoms with E-state index in [2.05, 4.69) is 32.6 Å². The molecule has 88 valence electrons. The van der Waals surface area contributed by atoms with Gasteiger partial charge >= 0.3 is 0 Å². The maximum absolute atomic E-state index is 10.5. The summed E-state index contributed by atoms with van der Waals surface area (Å²) in [5, 5.41) is 10.5. The van der Waals surface area contributed by atoms with Crippen molar-refractivity contribution in [3.05, 3.63) is 34.4 Å². The Kier molecular flexibility index (Phi) is 3.52. The number of benzene rings is 1. The maximum atomic E-state index is 10.5. The molecule has 4 nitrogen and oxygen atoms in total. The molecule has 0 unspecified atom stereocenters. The summed E-state index contributed by atoms with van der Waals surface area (Å²) in [5.41, 5.74) is 1.17. The van der Waals surface area contributed by atoms with Crippen LogP contribution in [0.3, 0.4) is 0 Å². The zero-order valence-corrected chi connectivity index (χ0v) is 10.2. The Labute approximate surface area is 96.0 Å². The Balaban J connectivity index is 3.00. The number of non-ortho nitro benzene ring substituents is 1. The van der Waals surface area contributed by atoms with E-state index in [1.807, 2.05) is 0 Å². The highest BCUT2D eigenvalue weighted by Gasteiger charge is 2.20. The second-order valence-electron chi connectivity index (χ2n) is 4.69. The monoisotopic (exact) mass is 222 g/mol. The summed E-state index contributed by atoms with van der Waals surface area (Å²) in [4.78, 5) is 12.4. The number of rotatable bonds is 3. The molecule has 0 aromatic heterocycles. The van der Waals surface area contributed by atoms with Crippen molar-refractivity contribution in [2.24, 2.45) is 0 Å². The number of nitrogens with zero attached hydrogens (tertiary/aromatic N) is 2. The molecule has 0 spiro atoms. The smallest absolute Gasteiger partial charge is 0.269 e. The van der Waals surface area contributed by atoms with Crippen LogP contribution in [0.2, 0.25) is 0 Å². The van der Waals surface area contributed by atoms with Crippen LogP contribution in [-0.4, -0.2) is 17.0 Å². The molecule has 0 atom stereocenters. The van der Waals surface area contributed by atoms with Gasteiger partial charge in [0.2, 0.25) is 0 Å². The van der Waals surface area contributed by atoms with Gasteiger partial charge in [0.15, 0.2) is 0 Å². The van der Waals surface area contributed by atoms with Gasteiger partial charge in [-0.05, 0) is 39.8 Å². The van der Waals surface area contributed by atoms with Gasteiger partial charge in [0.05, 0.1) is 4.92 Å². The molecule has 16 heavy (non-hydrogen) atoms. The fourth-order valence-corrected chi connectivity index (χ4v) is 1.80. The van der Waals surface area contributed by atoms with Crippen molar-refractivity contribution in [3.63, 3.8) is 0 Å². The SMILES string of the molecule is CCN(c1ccc([N+](=O)[O-])cc1)C(C)(C)C. The highest BCUT2D eigenvalue weighted by molar-refractivity contribution is 5.52. The number of hydrogen-bond donors (Lipinski definition) is 0. The van der Waals surface area contributed by atoms with Crippen molar-refractivity contribution in [3.8, 4) is 0 Å². The summed E-state index contributed by atoms with van der Waals surface area (Å²) >= 11 is 0. The number of hydrogen-bond acceptors (Lipinski definition) is 3. The number of nitro groups is 1. The van der Waals surface area contributed by atoms with Gasteiger partial charge in [-0.2, -0.15) is 0 Å². The second-order valence-corrected chi connectivity index (χ2v) is 4.69. The van der Waals surface area contributed by atoms with Gasteiger partial charge in [0.1, 0.15) is 0 Å². The van der Waals surface area contributed by atoms with E-state index in [0.717, 1.165) is 12.2 Å². The Morgan fingerprint density at radius 3 is 2.06 bits per heavy atom. The van der Waals surface area contributed by atoms with Crippen molar-refractivity contribution in [1.82, 2.24) is 0 Å². The van der Waals surface area contributed by atoms with Gasteiger partial charge < -0.3 is 4.90 Å². The molecule has 1 aromatic rings. The van der Waals surface area contributed by atoms with Crippen LogP contribution in [0.4, 0.5) is 11.4 Å². The van der Waals surface area contributed by atoms with Gasteiger partial charge in [-0.3, -0.25) is 10.1 Å². The molecule has 1 rings (SSSR count). The molecular weight excluding hydrogens is 204 g/mol. The first-order valence-electron chi connectivity index (χ1n) is 5.38. The minimum absolute atomic E-state index is 0.0187. The van der Waals surface area contributed by atoms with Crippen LogP contribution < -0.4 is 4.90 Å². The summed E-state index contributed by atoms with van der Waals surface area (Å²) in [6.45, 7) is 9.32. The van der Waals surface area contributed by atoms with E-state index in [9.17, 15) is 10.1 Å². The van der Waals surface area contributed by atoms with E-state index in [4.69, 9.17) is 0 Å². The largest absolute Gasteiger partial charge is 0.367 e. The quantitative estimate of drug-likeness (QED) is 0.582. The molecule has 0 aliphatic rings. The predicted molar refractivity (Wildman–Crippen MR) is 65.9 cm³/mol. The highest BCUT2D eigenvalue weighted by Crippen LogP contribution is 2.25. The normalized spacial score (nSPS) is 11.2. The molecule has 0 saturated carbocycles. The third-order valence-electron chi connectivity index (χ3n) is 2.50. The highest BCUT2D eigenvalue weighted by atomic mass is 16.6. The van der Waals surface area contributed by atoms with Gasteiger partial charge in [-0.15, -0.1) is 0 Å². The minimum Gasteiger partial charge on any atom is -0.367 e. The first-order chi connectivity index (χ1) is 7.36. The van der Waals surface area contributed by atoms with Gasteiger partial charge in [-0.25, -0.2) is 0 Å². The third kappa shape index (κ3) is 2.72. The van der Waals surface area contributed by atoms with Gasteiger partial charge in [-0.1, -0.05) is 0 Å². The molecule has 0 saturated heterocycles.